The Balaban J connectivity index is 1.41. The molecule has 3 rings (SSSR count). The lowest BCUT2D eigenvalue weighted by molar-refractivity contribution is -0.127. The fourth-order valence-corrected chi connectivity index (χ4v) is 2.99. The lowest BCUT2D eigenvalue weighted by atomic mass is 9.95. The minimum Gasteiger partial charge on any atom is -0.468 e. The van der Waals surface area contributed by atoms with E-state index in [-0.39, 0.29) is 17.9 Å². The molecule has 0 radical (unpaired) electrons. The van der Waals surface area contributed by atoms with Gasteiger partial charge in [0.15, 0.2) is 0 Å². The average Bonchev–Trinajstić information content (AvgIpc) is 3.21. The van der Waals surface area contributed by atoms with Crippen molar-refractivity contribution in [2.45, 2.75) is 38.9 Å². The minimum absolute atomic E-state index is 0.0466. The molecule has 124 valence electrons. The van der Waals surface area contributed by atoms with Gasteiger partial charge in [0.05, 0.1) is 19.4 Å². The minimum atomic E-state index is 0.0466. The number of hydrogen-bond donors (Lipinski definition) is 1. The molecule has 3 heterocycles. The van der Waals surface area contributed by atoms with E-state index in [1.54, 1.807) is 17.3 Å². The summed E-state index contributed by atoms with van der Waals surface area (Å²) in [5.41, 5.74) is 0. The smallest absolute Gasteiger partial charge is 0.223 e. The summed E-state index contributed by atoms with van der Waals surface area (Å²) in [5, 5.41) is 7.14. The van der Waals surface area contributed by atoms with Gasteiger partial charge in [-0.15, -0.1) is 0 Å². The number of rotatable bonds is 6. The monoisotopic (exact) mass is 317 g/mol. The van der Waals surface area contributed by atoms with Crippen LogP contribution in [0.3, 0.4) is 0 Å². The van der Waals surface area contributed by atoms with Crippen LogP contribution in [0.4, 0.5) is 0 Å². The van der Waals surface area contributed by atoms with Gasteiger partial charge in [0.2, 0.25) is 5.91 Å². The molecule has 1 aliphatic rings. The molecule has 1 saturated heterocycles. The van der Waals surface area contributed by atoms with Crippen molar-refractivity contribution < 1.29 is 9.21 Å². The number of furan rings is 1. The molecule has 0 saturated carbocycles. The summed E-state index contributed by atoms with van der Waals surface area (Å²) in [6, 6.07) is 3.95. The van der Waals surface area contributed by atoms with Gasteiger partial charge in [-0.1, -0.05) is 0 Å². The second-order valence-corrected chi connectivity index (χ2v) is 6.16. The Morgan fingerprint density at radius 1 is 1.48 bits per heavy atom. The van der Waals surface area contributed by atoms with E-state index in [1.165, 1.54) is 6.33 Å². The Morgan fingerprint density at radius 3 is 2.96 bits per heavy atom. The number of nitrogens with zero attached hydrogens (tertiary/aromatic N) is 4. The zero-order valence-electron chi connectivity index (χ0n) is 13.4. The third kappa shape index (κ3) is 4.41. The van der Waals surface area contributed by atoms with Crippen LogP contribution in [0.1, 0.15) is 25.5 Å². The summed E-state index contributed by atoms with van der Waals surface area (Å²) in [7, 11) is 0. The van der Waals surface area contributed by atoms with Crippen molar-refractivity contribution in [2.75, 3.05) is 13.1 Å². The van der Waals surface area contributed by atoms with Crippen molar-refractivity contribution in [1.82, 2.24) is 25.0 Å². The summed E-state index contributed by atoms with van der Waals surface area (Å²) in [6.45, 7) is 5.31. The maximum atomic E-state index is 12.4. The van der Waals surface area contributed by atoms with E-state index in [9.17, 15) is 4.79 Å². The van der Waals surface area contributed by atoms with Crippen LogP contribution in [0, 0.1) is 5.92 Å². The number of hydrogen-bond acceptors (Lipinski definition) is 5. The number of carbonyl (C=O) groups is 1. The van der Waals surface area contributed by atoms with E-state index in [0.717, 1.165) is 38.2 Å². The Labute approximate surface area is 135 Å². The fourth-order valence-electron chi connectivity index (χ4n) is 2.99. The quantitative estimate of drug-likeness (QED) is 0.869. The maximum absolute atomic E-state index is 12.4. The van der Waals surface area contributed by atoms with E-state index in [4.69, 9.17) is 4.42 Å². The molecule has 0 unspecified atom stereocenters. The topological polar surface area (TPSA) is 76.2 Å². The first-order valence-corrected chi connectivity index (χ1v) is 8.08. The molecule has 23 heavy (non-hydrogen) atoms. The zero-order chi connectivity index (χ0) is 16.1. The van der Waals surface area contributed by atoms with Gasteiger partial charge in [-0.3, -0.25) is 14.4 Å². The van der Waals surface area contributed by atoms with E-state index in [2.05, 4.69) is 20.3 Å². The van der Waals surface area contributed by atoms with Crippen LogP contribution < -0.4 is 5.32 Å². The molecule has 2 aromatic rings. The highest BCUT2D eigenvalue weighted by Crippen LogP contribution is 2.19. The third-order valence-electron chi connectivity index (χ3n) is 4.23. The molecule has 7 heteroatoms. The molecule has 0 spiro atoms. The first kappa shape index (κ1) is 15.7. The van der Waals surface area contributed by atoms with Crippen LogP contribution in [0.2, 0.25) is 0 Å². The second kappa shape index (κ2) is 7.41. The molecule has 0 bridgehead atoms. The molecule has 7 nitrogen and oxygen atoms in total. The van der Waals surface area contributed by atoms with Crippen molar-refractivity contribution in [3.05, 3.63) is 36.8 Å². The van der Waals surface area contributed by atoms with Crippen LogP contribution in [0.25, 0.3) is 0 Å². The molecular weight excluding hydrogens is 294 g/mol. The van der Waals surface area contributed by atoms with Gasteiger partial charge in [-0.05, 0) is 45.0 Å². The SMILES string of the molecule is C[C@H](Cn1cncn1)NC(=O)C1CCN(Cc2ccco2)CC1. The Bertz CT molecular complexity index is 588. The van der Waals surface area contributed by atoms with E-state index >= 15 is 0 Å². The van der Waals surface area contributed by atoms with E-state index < -0.39 is 0 Å². The standard InChI is InChI=1S/C16H23N5O2/c1-13(9-21-12-17-11-18-21)19-16(22)14-4-6-20(7-5-14)10-15-3-2-8-23-15/h2-3,8,11-14H,4-7,9-10H2,1H3,(H,19,22)/t13-/m1/s1. The summed E-state index contributed by atoms with van der Waals surface area (Å²) in [6.07, 6.45) is 6.65. The van der Waals surface area contributed by atoms with Crippen LogP contribution in [-0.2, 0) is 17.9 Å². The van der Waals surface area contributed by atoms with Gasteiger partial charge in [0, 0.05) is 12.0 Å². The molecule has 1 N–H and O–H groups in total. The highest BCUT2D eigenvalue weighted by atomic mass is 16.3. The van der Waals surface area contributed by atoms with Crippen molar-refractivity contribution in [2.24, 2.45) is 5.92 Å². The number of aromatic nitrogens is 3. The molecule has 0 aliphatic carbocycles. The van der Waals surface area contributed by atoms with E-state index in [1.807, 2.05) is 19.1 Å². The van der Waals surface area contributed by atoms with Gasteiger partial charge < -0.3 is 9.73 Å². The number of amides is 1. The highest BCUT2D eigenvalue weighted by Gasteiger charge is 2.26. The van der Waals surface area contributed by atoms with E-state index in [0.29, 0.717) is 6.54 Å². The summed E-state index contributed by atoms with van der Waals surface area (Å²) >= 11 is 0. The third-order valence-corrected chi connectivity index (χ3v) is 4.23. The average molecular weight is 317 g/mol. The van der Waals surface area contributed by atoms with Gasteiger partial charge in [-0.25, -0.2) is 4.98 Å². The maximum Gasteiger partial charge on any atom is 0.223 e. The summed E-state index contributed by atoms with van der Waals surface area (Å²) < 4.78 is 7.11. The molecule has 0 aromatic carbocycles. The predicted molar refractivity (Wildman–Crippen MR) is 84.3 cm³/mol. The molecule has 2 aromatic heterocycles. The molecule has 1 amide bonds. The molecule has 1 atom stereocenters. The van der Waals surface area contributed by atoms with Gasteiger partial charge >= 0.3 is 0 Å². The van der Waals surface area contributed by atoms with Gasteiger partial charge in [0.1, 0.15) is 18.4 Å². The second-order valence-electron chi connectivity index (χ2n) is 6.16. The lowest BCUT2D eigenvalue weighted by Gasteiger charge is -2.31. The largest absolute Gasteiger partial charge is 0.468 e. The normalized spacial score (nSPS) is 18.0. The first-order valence-electron chi connectivity index (χ1n) is 8.08. The fraction of sp³-hybridized carbons (Fsp3) is 0.562. The van der Waals surface area contributed by atoms with Crippen LogP contribution in [0.15, 0.2) is 35.5 Å². The Hall–Kier alpha value is -2.15. The Kier molecular flexibility index (Phi) is 5.07. The number of likely N-dealkylation sites (tertiary alicyclic amines) is 1. The number of piperidine rings is 1. The van der Waals surface area contributed by atoms with Gasteiger partial charge in [-0.2, -0.15) is 5.10 Å². The zero-order valence-corrected chi connectivity index (χ0v) is 13.4. The van der Waals surface area contributed by atoms with Crippen LogP contribution in [-0.4, -0.2) is 44.7 Å². The number of nitrogens with one attached hydrogen (secondary N) is 1. The highest BCUT2D eigenvalue weighted by molar-refractivity contribution is 5.79. The molecule has 1 aliphatic heterocycles. The van der Waals surface area contributed by atoms with Crippen molar-refractivity contribution in [3.63, 3.8) is 0 Å². The molecule has 1 fully saturated rings. The van der Waals surface area contributed by atoms with Crippen molar-refractivity contribution in [3.8, 4) is 0 Å². The van der Waals surface area contributed by atoms with Crippen molar-refractivity contribution >= 4 is 5.91 Å². The Morgan fingerprint density at radius 2 is 2.30 bits per heavy atom. The summed E-state index contributed by atoms with van der Waals surface area (Å²) in [5.74, 6) is 1.23. The lowest BCUT2D eigenvalue weighted by Crippen LogP contribution is -2.44. The van der Waals surface area contributed by atoms with Crippen LogP contribution in [0.5, 0.6) is 0 Å². The van der Waals surface area contributed by atoms with Crippen LogP contribution >= 0.6 is 0 Å². The van der Waals surface area contributed by atoms with Crippen molar-refractivity contribution in [1.29, 1.82) is 0 Å². The van der Waals surface area contributed by atoms with Gasteiger partial charge in [0.25, 0.3) is 0 Å². The predicted octanol–water partition coefficient (Wildman–Crippen LogP) is 1.29. The number of carbonyl (C=O) groups excluding carboxylic acids is 1. The molecular formula is C16H23N5O2. The summed E-state index contributed by atoms with van der Waals surface area (Å²) in [4.78, 5) is 18.6. The first-order chi connectivity index (χ1) is 11.2.